The van der Waals surface area contributed by atoms with Gasteiger partial charge >= 0.3 is 6.18 Å². The van der Waals surface area contributed by atoms with Crippen LogP contribution in [0.2, 0.25) is 0 Å². The van der Waals surface area contributed by atoms with E-state index in [-0.39, 0.29) is 5.69 Å². The molecule has 0 radical (unpaired) electrons. The van der Waals surface area contributed by atoms with Crippen molar-refractivity contribution in [3.8, 4) is 6.07 Å². The monoisotopic (exact) mass is 418 g/mol. The molecule has 7 heteroatoms. The van der Waals surface area contributed by atoms with Crippen LogP contribution in [0.4, 0.5) is 17.6 Å². The van der Waals surface area contributed by atoms with Crippen LogP contribution in [-0.4, -0.2) is 21.9 Å². The number of nitriles is 1. The van der Waals surface area contributed by atoms with Gasteiger partial charge in [0.25, 0.3) is 0 Å². The molecule has 0 aliphatic carbocycles. The Bertz CT molecular complexity index is 1120. The number of hydrogen-bond acceptors (Lipinski definition) is 2. The molecule has 3 nitrogen and oxygen atoms in total. The number of aliphatic hydroxyl groups is 1. The maximum Gasteiger partial charge on any atom is 0.417 e. The van der Waals surface area contributed by atoms with Gasteiger partial charge in [0.05, 0.1) is 11.6 Å². The SMILES string of the molecule is Cc1ccc(F)cc1C(C)(C)CC(O)(Cc1cc2cc(C#N)ccc2[nH]1)C(F)(F)F. The number of alkyl halides is 3. The highest BCUT2D eigenvalue weighted by molar-refractivity contribution is 5.81. The second-order valence-corrected chi connectivity index (χ2v) is 8.43. The molecule has 2 N–H and O–H groups in total. The van der Waals surface area contributed by atoms with Crippen LogP contribution in [0.3, 0.4) is 0 Å². The summed E-state index contributed by atoms with van der Waals surface area (Å²) >= 11 is 0. The Morgan fingerprint density at radius 2 is 1.77 bits per heavy atom. The summed E-state index contributed by atoms with van der Waals surface area (Å²) in [6.45, 7) is 4.83. The second-order valence-electron chi connectivity index (χ2n) is 8.43. The molecule has 2 aromatic carbocycles. The number of aromatic nitrogens is 1. The topological polar surface area (TPSA) is 59.8 Å². The molecular weight excluding hydrogens is 396 g/mol. The lowest BCUT2D eigenvalue weighted by Gasteiger charge is -2.38. The summed E-state index contributed by atoms with van der Waals surface area (Å²) in [4.78, 5) is 2.89. The Balaban J connectivity index is 1.99. The van der Waals surface area contributed by atoms with Crippen LogP contribution < -0.4 is 0 Å². The van der Waals surface area contributed by atoms with Gasteiger partial charge in [-0.1, -0.05) is 19.9 Å². The molecule has 1 atom stereocenters. The van der Waals surface area contributed by atoms with Crippen molar-refractivity contribution in [3.63, 3.8) is 0 Å². The average Bonchev–Trinajstić information content (AvgIpc) is 3.03. The lowest BCUT2D eigenvalue weighted by atomic mass is 9.72. The number of benzene rings is 2. The van der Waals surface area contributed by atoms with Gasteiger partial charge in [-0.15, -0.1) is 0 Å². The number of nitrogens with one attached hydrogen (secondary N) is 1. The number of aryl methyl sites for hydroxylation is 1. The molecule has 158 valence electrons. The fraction of sp³-hybridized carbons (Fsp3) is 0.348. The minimum Gasteiger partial charge on any atom is -0.380 e. The van der Waals surface area contributed by atoms with E-state index in [1.807, 2.05) is 6.07 Å². The molecule has 3 rings (SSSR count). The zero-order valence-corrected chi connectivity index (χ0v) is 16.9. The highest BCUT2D eigenvalue weighted by Gasteiger charge is 2.56. The number of nitrogens with zero attached hydrogens (tertiary/aromatic N) is 1. The summed E-state index contributed by atoms with van der Waals surface area (Å²) in [6.07, 6.45) is -6.24. The lowest BCUT2D eigenvalue weighted by Crippen LogP contribution is -2.51. The van der Waals surface area contributed by atoms with E-state index >= 15 is 0 Å². The van der Waals surface area contributed by atoms with Gasteiger partial charge in [-0.3, -0.25) is 0 Å². The van der Waals surface area contributed by atoms with Crippen LogP contribution >= 0.6 is 0 Å². The predicted molar refractivity (Wildman–Crippen MR) is 107 cm³/mol. The second kappa shape index (κ2) is 7.44. The van der Waals surface area contributed by atoms with Crippen LogP contribution in [0.25, 0.3) is 10.9 Å². The van der Waals surface area contributed by atoms with E-state index in [9.17, 15) is 22.7 Å². The number of fused-ring (bicyclic) bond motifs is 1. The van der Waals surface area contributed by atoms with Gasteiger partial charge in [-0.2, -0.15) is 18.4 Å². The van der Waals surface area contributed by atoms with Gasteiger partial charge in [0.2, 0.25) is 0 Å². The minimum absolute atomic E-state index is 0.201. The maximum absolute atomic E-state index is 14.0. The fourth-order valence-corrected chi connectivity index (χ4v) is 4.09. The fourth-order valence-electron chi connectivity index (χ4n) is 4.09. The van der Waals surface area contributed by atoms with E-state index in [4.69, 9.17) is 5.26 Å². The highest BCUT2D eigenvalue weighted by Crippen LogP contribution is 2.44. The number of H-pyrrole nitrogens is 1. The van der Waals surface area contributed by atoms with Crippen molar-refractivity contribution in [3.05, 3.63) is 70.7 Å². The molecule has 0 aliphatic heterocycles. The van der Waals surface area contributed by atoms with Gasteiger partial charge < -0.3 is 10.1 Å². The third-order valence-electron chi connectivity index (χ3n) is 5.48. The molecule has 1 aromatic heterocycles. The number of halogens is 4. The molecule has 1 heterocycles. The van der Waals surface area contributed by atoms with Gasteiger partial charge in [0.15, 0.2) is 5.60 Å². The van der Waals surface area contributed by atoms with Crippen LogP contribution in [0.5, 0.6) is 0 Å². The molecule has 30 heavy (non-hydrogen) atoms. The lowest BCUT2D eigenvalue weighted by molar-refractivity contribution is -0.266. The molecule has 0 bridgehead atoms. The van der Waals surface area contributed by atoms with Crippen molar-refractivity contribution in [1.82, 2.24) is 4.98 Å². The Labute approximate surface area is 172 Å². The summed E-state index contributed by atoms with van der Waals surface area (Å²) in [5.41, 5.74) is -1.94. The Kier molecular flexibility index (Phi) is 5.42. The molecule has 0 saturated carbocycles. The third-order valence-corrected chi connectivity index (χ3v) is 5.48. The first-order valence-electron chi connectivity index (χ1n) is 9.42. The molecule has 0 fully saturated rings. The first kappa shape index (κ1) is 21.8. The summed E-state index contributed by atoms with van der Waals surface area (Å²) < 4.78 is 55.8. The smallest absolute Gasteiger partial charge is 0.380 e. The normalized spacial score (nSPS) is 14.5. The quantitative estimate of drug-likeness (QED) is 0.523. The zero-order valence-electron chi connectivity index (χ0n) is 16.9. The van der Waals surface area contributed by atoms with Crippen molar-refractivity contribution < 1.29 is 22.7 Å². The van der Waals surface area contributed by atoms with Crippen molar-refractivity contribution in [1.29, 1.82) is 5.26 Å². The van der Waals surface area contributed by atoms with Gasteiger partial charge in [-0.05, 0) is 66.3 Å². The van der Waals surface area contributed by atoms with Crippen LogP contribution in [0.1, 0.15) is 42.7 Å². The van der Waals surface area contributed by atoms with Crippen LogP contribution in [-0.2, 0) is 11.8 Å². The largest absolute Gasteiger partial charge is 0.417 e. The standard InChI is InChI=1S/C23H22F4N2O/c1-14-4-6-17(24)10-19(14)21(2,3)13-22(30,23(25,26)27)11-18-9-16-8-15(12-28)5-7-20(16)29-18/h4-10,29-30H,11,13H2,1-3H3. The number of rotatable bonds is 5. The van der Waals surface area contributed by atoms with Crippen molar-refractivity contribution in [2.24, 2.45) is 0 Å². The average molecular weight is 418 g/mol. The third kappa shape index (κ3) is 4.19. The summed E-state index contributed by atoms with van der Waals surface area (Å²) in [5.74, 6) is -0.539. The van der Waals surface area contributed by atoms with Crippen molar-refractivity contribution in [2.75, 3.05) is 0 Å². The van der Waals surface area contributed by atoms with E-state index in [0.717, 1.165) is 0 Å². The Morgan fingerprint density at radius 3 is 2.40 bits per heavy atom. The van der Waals surface area contributed by atoms with E-state index < -0.39 is 35.9 Å². The molecule has 1 unspecified atom stereocenters. The molecule has 3 aromatic rings. The van der Waals surface area contributed by atoms with Crippen LogP contribution in [0, 0.1) is 24.1 Å². The van der Waals surface area contributed by atoms with Crippen LogP contribution in [0.15, 0.2) is 42.5 Å². The Hall–Kier alpha value is -2.85. The number of hydrogen-bond donors (Lipinski definition) is 2. The molecule has 0 amide bonds. The van der Waals surface area contributed by atoms with Gasteiger partial charge in [0.1, 0.15) is 5.82 Å². The van der Waals surface area contributed by atoms with Crippen molar-refractivity contribution in [2.45, 2.75) is 50.8 Å². The Morgan fingerprint density at radius 1 is 1.07 bits per heavy atom. The summed E-state index contributed by atoms with van der Waals surface area (Å²) in [5, 5.41) is 20.4. The van der Waals surface area contributed by atoms with E-state index in [1.54, 1.807) is 39.0 Å². The van der Waals surface area contributed by atoms with Gasteiger partial charge in [0, 0.05) is 23.0 Å². The predicted octanol–water partition coefficient (Wildman–Crippen LogP) is 5.69. The molecule has 0 saturated heterocycles. The molecule has 0 aliphatic rings. The number of aromatic amines is 1. The first-order chi connectivity index (χ1) is 13.8. The van der Waals surface area contributed by atoms with Gasteiger partial charge in [-0.25, -0.2) is 4.39 Å². The van der Waals surface area contributed by atoms with Crippen molar-refractivity contribution >= 4 is 10.9 Å². The first-order valence-corrected chi connectivity index (χ1v) is 9.42. The zero-order chi connectivity index (χ0) is 22.3. The van der Waals surface area contributed by atoms with E-state index in [1.165, 1.54) is 24.3 Å². The minimum atomic E-state index is -4.90. The summed E-state index contributed by atoms with van der Waals surface area (Å²) in [7, 11) is 0. The van der Waals surface area contributed by atoms with E-state index in [2.05, 4.69) is 4.98 Å². The van der Waals surface area contributed by atoms with E-state index in [0.29, 0.717) is 27.6 Å². The highest BCUT2D eigenvalue weighted by atomic mass is 19.4. The summed E-state index contributed by atoms with van der Waals surface area (Å²) in [6, 6.07) is 12.2. The molecular formula is C23H22F4N2O. The molecule has 0 spiro atoms. The maximum atomic E-state index is 14.0.